The fourth-order valence-electron chi connectivity index (χ4n) is 2.11. The van der Waals surface area contributed by atoms with Gasteiger partial charge in [-0.3, -0.25) is 9.48 Å². The Labute approximate surface area is 125 Å². The summed E-state index contributed by atoms with van der Waals surface area (Å²) in [6, 6.07) is 10.3. The van der Waals surface area contributed by atoms with E-state index in [9.17, 15) is 4.79 Å². The number of anilines is 1. The predicted molar refractivity (Wildman–Crippen MR) is 84.6 cm³/mol. The Hall–Kier alpha value is -2.30. The minimum absolute atomic E-state index is 0.0751. The molecule has 21 heavy (non-hydrogen) atoms. The molecule has 112 valence electrons. The van der Waals surface area contributed by atoms with Crippen LogP contribution in [0.15, 0.2) is 36.5 Å². The van der Waals surface area contributed by atoms with Crippen LogP contribution in [0.2, 0.25) is 0 Å². The van der Waals surface area contributed by atoms with E-state index in [1.165, 1.54) is 0 Å². The first-order valence-electron chi connectivity index (χ1n) is 7.05. The standard InChI is InChI=1S/C16H22N4O/c1-12(19(3)14-8-6-5-7-9-14)10-17-16(21)15-11-18-20(4)13(15)2/h5-9,11-12H,10H2,1-4H3,(H,17,21)/t12-/m1/s1. The molecule has 1 N–H and O–H groups in total. The first-order chi connectivity index (χ1) is 10.0. The SMILES string of the molecule is Cc1c(C(=O)NC[C@@H](C)N(C)c2ccccc2)cnn1C. The molecule has 0 saturated carbocycles. The lowest BCUT2D eigenvalue weighted by molar-refractivity contribution is 0.0951. The zero-order chi connectivity index (χ0) is 15.4. The fourth-order valence-corrected chi connectivity index (χ4v) is 2.11. The maximum absolute atomic E-state index is 12.2. The van der Waals surface area contributed by atoms with Crippen molar-refractivity contribution >= 4 is 11.6 Å². The van der Waals surface area contributed by atoms with Gasteiger partial charge in [-0.15, -0.1) is 0 Å². The van der Waals surface area contributed by atoms with Gasteiger partial charge in [0.25, 0.3) is 5.91 Å². The van der Waals surface area contributed by atoms with Gasteiger partial charge in [0, 0.05) is 38.1 Å². The van der Waals surface area contributed by atoms with E-state index in [-0.39, 0.29) is 11.9 Å². The van der Waals surface area contributed by atoms with Crippen molar-refractivity contribution in [3.63, 3.8) is 0 Å². The van der Waals surface area contributed by atoms with Gasteiger partial charge in [0.1, 0.15) is 0 Å². The minimum Gasteiger partial charge on any atom is -0.370 e. The smallest absolute Gasteiger partial charge is 0.254 e. The summed E-state index contributed by atoms with van der Waals surface area (Å²) in [6.07, 6.45) is 1.61. The molecule has 5 nitrogen and oxygen atoms in total. The van der Waals surface area contributed by atoms with Crippen molar-refractivity contribution in [1.82, 2.24) is 15.1 Å². The van der Waals surface area contributed by atoms with Crippen LogP contribution in [-0.4, -0.2) is 35.3 Å². The summed E-state index contributed by atoms with van der Waals surface area (Å²) in [5, 5.41) is 7.06. The van der Waals surface area contributed by atoms with E-state index >= 15 is 0 Å². The van der Waals surface area contributed by atoms with Crippen molar-refractivity contribution in [2.24, 2.45) is 7.05 Å². The maximum atomic E-state index is 12.2. The molecular formula is C16H22N4O. The van der Waals surface area contributed by atoms with Gasteiger partial charge in [-0.2, -0.15) is 5.10 Å². The number of amides is 1. The first-order valence-corrected chi connectivity index (χ1v) is 7.05. The van der Waals surface area contributed by atoms with Crippen LogP contribution in [0.4, 0.5) is 5.69 Å². The second-order valence-electron chi connectivity index (χ2n) is 5.27. The van der Waals surface area contributed by atoms with Crippen LogP contribution in [0.3, 0.4) is 0 Å². The van der Waals surface area contributed by atoms with Crippen LogP contribution in [0.25, 0.3) is 0 Å². The number of nitrogens with one attached hydrogen (secondary N) is 1. The number of para-hydroxylation sites is 1. The van der Waals surface area contributed by atoms with E-state index in [4.69, 9.17) is 0 Å². The Balaban J connectivity index is 1.93. The van der Waals surface area contributed by atoms with Crippen LogP contribution in [-0.2, 0) is 7.05 Å². The summed E-state index contributed by atoms with van der Waals surface area (Å²) in [7, 11) is 3.86. The molecule has 0 unspecified atom stereocenters. The molecule has 1 heterocycles. The maximum Gasteiger partial charge on any atom is 0.254 e. The van der Waals surface area contributed by atoms with Gasteiger partial charge in [0.15, 0.2) is 0 Å². The molecule has 0 saturated heterocycles. The number of carbonyl (C=O) groups excluding carboxylic acids is 1. The highest BCUT2D eigenvalue weighted by atomic mass is 16.1. The number of likely N-dealkylation sites (N-methyl/N-ethyl adjacent to an activating group) is 1. The van der Waals surface area contributed by atoms with Crippen molar-refractivity contribution in [3.05, 3.63) is 47.8 Å². The largest absolute Gasteiger partial charge is 0.370 e. The molecule has 0 fully saturated rings. The molecular weight excluding hydrogens is 264 g/mol. The van der Waals surface area contributed by atoms with Gasteiger partial charge in [-0.05, 0) is 26.0 Å². The summed E-state index contributed by atoms with van der Waals surface area (Å²) in [6.45, 7) is 4.56. The number of hydrogen-bond donors (Lipinski definition) is 1. The highest BCUT2D eigenvalue weighted by molar-refractivity contribution is 5.95. The van der Waals surface area contributed by atoms with Crippen LogP contribution >= 0.6 is 0 Å². The summed E-state index contributed by atoms with van der Waals surface area (Å²) in [5.74, 6) is -0.0751. The summed E-state index contributed by atoms with van der Waals surface area (Å²) in [5.41, 5.74) is 2.64. The molecule has 1 atom stereocenters. The van der Waals surface area contributed by atoms with Crippen LogP contribution < -0.4 is 10.2 Å². The second-order valence-corrected chi connectivity index (χ2v) is 5.27. The monoisotopic (exact) mass is 286 g/mol. The number of rotatable bonds is 5. The number of benzene rings is 1. The topological polar surface area (TPSA) is 50.2 Å². The molecule has 0 aliphatic rings. The van der Waals surface area contributed by atoms with Crippen molar-refractivity contribution < 1.29 is 4.79 Å². The lowest BCUT2D eigenvalue weighted by Gasteiger charge is -2.27. The Morgan fingerprint density at radius 3 is 2.62 bits per heavy atom. The van der Waals surface area contributed by atoms with Crippen molar-refractivity contribution in [1.29, 1.82) is 0 Å². The zero-order valence-corrected chi connectivity index (χ0v) is 13.0. The minimum atomic E-state index is -0.0751. The molecule has 2 rings (SSSR count). The molecule has 1 amide bonds. The lowest BCUT2D eigenvalue weighted by atomic mass is 10.2. The zero-order valence-electron chi connectivity index (χ0n) is 13.0. The fraction of sp³-hybridized carbons (Fsp3) is 0.375. The van der Waals surface area contributed by atoms with Crippen LogP contribution in [0, 0.1) is 6.92 Å². The number of aromatic nitrogens is 2. The second kappa shape index (κ2) is 6.43. The molecule has 5 heteroatoms. The summed E-state index contributed by atoms with van der Waals surface area (Å²) >= 11 is 0. The quantitative estimate of drug-likeness (QED) is 0.914. The van der Waals surface area contributed by atoms with Crippen molar-refractivity contribution in [2.75, 3.05) is 18.5 Å². The average molecular weight is 286 g/mol. The molecule has 0 bridgehead atoms. The third-order valence-corrected chi connectivity index (χ3v) is 3.86. The summed E-state index contributed by atoms with van der Waals surface area (Å²) < 4.78 is 1.70. The number of aryl methyl sites for hydroxylation is 1. The Bertz CT molecular complexity index is 606. The van der Waals surface area contributed by atoms with Gasteiger partial charge < -0.3 is 10.2 Å². The van der Waals surface area contributed by atoms with Gasteiger partial charge >= 0.3 is 0 Å². The van der Waals surface area contributed by atoms with Gasteiger partial charge in [-0.25, -0.2) is 0 Å². The first kappa shape index (κ1) is 15.1. The van der Waals surface area contributed by atoms with Gasteiger partial charge in [0.2, 0.25) is 0 Å². The van der Waals surface area contributed by atoms with E-state index in [0.29, 0.717) is 12.1 Å². The highest BCUT2D eigenvalue weighted by Gasteiger charge is 2.15. The number of nitrogens with zero attached hydrogens (tertiary/aromatic N) is 3. The third kappa shape index (κ3) is 3.42. The van der Waals surface area contributed by atoms with E-state index in [1.54, 1.807) is 10.9 Å². The van der Waals surface area contributed by atoms with Gasteiger partial charge in [0.05, 0.1) is 11.8 Å². The molecule has 0 radical (unpaired) electrons. The third-order valence-electron chi connectivity index (χ3n) is 3.86. The Morgan fingerprint density at radius 1 is 1.38 bits per heavy atom. The molecule has 1 aromatic heterocycles. The lowest BCUT2D eigenvalue weighted by Crippen LogP contribution is -2.40. The Morgan fingerprint density at radius 2 is 2.05 bits per heavy atom. The number of hydrogen-bond acceptors (Lipinski definition) is 3. The Kier molecular flexibility index (Phi) is 4.62. The van der Waals surface area contributed by atoms with Crippen LogP contribution in [0.1, 0.15) is 23.0 Å². The van der Waals surface area contributed by atoms with Gasteiger partial charge in [-0.1, -0.05) is 18.2 Å². The molecule has 0 aliphatic heterocycles. The molecule has 0 aliphatic carbocycles. The van der Waals surface area contributed by atoms with E-state index in [1.807, 2.05) is 39.2 Å². The predicted octanol–water partition coefficient (Wildman–Crippen LogP) is 1.98. The van der Waals surface area contributed by atoms with Crippen molar-refractivity contribution in [2.45, 2.75) is 19.9 Å². The molecule has 2 aromatic rings. The molecule has 1 aromatic carbocycles. The number of carbonyl (C=O) groups is 1. The molecule has 0 spiro atoms. The summed E-state index contributed by atoms with van der Waals surface area (Å²) in [4.78, 5) is 14.3. The highest BCUT2D eigenvalue weighted by Crippen LogP contribution is 2.13. The van der Waals surface area contributed by atoms with Crippen molar-refractivity contribution in [3.8, 4) is 0 Å². The normalized spacial score (nSPS) is 12.0. The average Bonchev–Trinajstić information content (AvgIpc) is 2.84. The van der Waals surface area contributed by atoms with E-state index in [2.05, 4.69) is 34.4 Å². The van der Waals surface area contributed by atoms with E-state index < -0.39 is 0 Å². The van der Waals surface area contributed by atoms with Crippen LogP contribution in [0.5, 0.6) is 0 Å². The van der Waals surface area contributed by atoms with E-state index in [0.717, 1.165) is 11.4 Å².